The molecule has 120 valence electrons. The quantitative estimate of drug-likeness (QED) is 0.200. The molecule has 0 radical (unpaired) electrons. The first kappa shape index (κ1) is 19.7. The molecule has 0 unspecified atom stereocenters. The second kappa shape index (κ2) is 18.7. The Morgan fingerprint density at radius 2 is 0.850 bits per heavy atom. The smallest absolute Gasteiger partial charge is 0.0351 e. The monoisotopic (exact) mass is 280 g/mol. The van der Waals surface area contributed by atoms with Gasteiger partial charge in [-0.25, -0.2) is 0 Å². The molecule has 0 N–H and O–H groups in total. The van der Waals surface area contributed by atoms with Crippen molar-refractivity contribution in [2.75, 3.05) is 0 Å². The Morgan fingerprint density at radius 3 is 1.25 bits per heavy atom. The van der Waals surface area contributed by atoms with Crippen LogP contribution in [-0.4, -0.2) is 0 Å². The molecule has 0 rings (SSSR count). The average molecular weight is 281 g/mol. The molecule has 0 aromatic rings. The maximum Gasteiger partial charge on any atom is -0.0351 e. The zero-order valence-corrected chi connectivity index (χ0v) is 14.5. The molecule has 0 aromatic heterocycles. The van der Waals surface area contributed by atoms with Crippen LogP contribution in [0.25, 0.3) is 0 Å². The Bertz CT molecular complexity index is 180. The summed E-state index contributed by atoms with van der Waals surface area (Å²) < 4.78 is 0. The lowest BCUT2D eigenvalue weighted by atomic mass is 10.0. The molecule has 0 aliphatic rings. The molecule has 0 saturated heterocycles. The van der Waals surface area contributed by atoms with E-state index in [0.717, 1.165) is 0 Å². The standard InChI is InChI=1S/C20H40/c1-3-5-7-9-11-13-15-17-19-20-18-16-14-12-10-8-6-4-2/h5,7H,3-4,6,8-20H2,1-2H3. The van der Waals surface area contributed by atoms with Gasteiger partial charge in [0.25, 0.3) is 0 Å². The van der Waals surface area contributed by atoms with Gasteiger partial charge in [-0.15, -0.1) is 0 Å². The summed E-state index contributed by atoms with van der Waals surface area (Å²) in [6.07, 6.45) is 27.5. The van der Waals surface area contributed by atoms with E-state index in [-0.39, 0.29) is 0 Å². The van der Waals surface area contributed by atoms with E-state index in [1.807, 2.05) is 0 Å². The first-order valence-corrected chi connectivity index (χ1v) is 9.56. The predicted octanol–water partition coefficient (Wildman–Crippen LogP) is 7.82. The predicted molar refractivity (Wildman–Crippen MR) is 94.4 cm³/mol. The van der Waals surface area contributed by atoms with E-state index >= 15 is 0 Å². The second-order valence-corrected chi connectivity index (χ2v) is 6.26. The third-order valence-electron chi connectivity index (χ3n) is 4.13. The van der Waals surface area contributed by atoms with Crippen molar-refractivity contribution in [3.05, 3.63) is 12.2 Å². The number of allylic oxidation sites excluding steroid dienone is 2. The molecule has 0 saturated carbocycles. The third kappa shape index (κ3) is 17.7. The van der Waals surface area contributed by atoms with E-state index in [4.69, 9.17) is 0 Å². The van der Waals surface area contributed by atoms with Crippen LogP contribution in [0.5, 0.6) is 0 Å². The zero-order valence-electron chi connectivity index (χ0n) is 14.5. The Hall–Kier alpha value is -0.260. The summed E-state index contributed by atoms with van der Waals surface area (Å²) >= 11 is 0. The molecule has 0 aromatic carbocycles. The Kier molecular flexibility index (Phi) is 18.5. The summed E-state index contributed by atoms with van der Waals surface area (Å²) in [5.74, 6) is 0. The fourth-order valence-electron chi connectivity index (χ4n) is 2.74. The molecule has 0 spiro atoms. The van der Waals surface area contributed by atoms with Gasteiger partial charge < -0.3 is 0 Å². The molecule has 0 fully saturated rings. The van der Waals surface area contributed by atoms with Crippen LogP contribution in [-0.2, 0) is 0 Å². The first-order chi connectivity index (χ1) is 9.91. The van der Waals surface area contributed by atoms with Gasteiger partial charge in [0.05, 0.1) is 0 Å². The Morgan fingerprint density at radius 1 is 0.450 bits per heavy atom. The van der Waals surface area contributed by atoms with E-state index in [2.05, 4.69) is 26.0 Å². The van der Waals surface area contributed by atoms with Crippen LogP contribution in [0.15, 0.2) is 12.2 Å². The molecule has 0 atom stereocenters. The van der Waals surface area contributed by atoms with Crippen LogP contribution in [0.1, 0.15) is 117 Å². The highest BCUT2D eigenvalue weighted by molar-refractivity contribution is 4.79. The fraction of sp³-hybridized carbons (Fsp3) is 0.900. The minimum atomic E-state index is 1.19. The lowest BCUT2D eigenvalue weighted by Gasteiger charge is -2.02. The van der Waals surface area contributed by atoms with E-state index < -0.39 is 0 Å². The average Bonchev–Trinajstić information content (AvgIpc) is 2.47. The summed E-state index contributed by atoms with van der Waals surface area (Å²) in [7, 11) is 0. The van der Waals surface area contributed by atoms with Crippen molar-refractivity contribution in [2.45, 2.75) is 117 Å². The molecular weight excluding hydrogens is 240 g/mol. The van der Waals surface area contributed by atoms with Crippen molar-refractivity contribution in [1.29, 1.82) is 0 Å². The van der Waals surface area contributed by atoms with Crippen LogP contribution in [0, 0.1) is 0 Å². The normalized spacial score (nSPS) is 11.5. The molecule has 0 bridgehead atoms. The molecule has 0 heteroatoms. The summed E-state index contributed by atoms with van der Waals surface area (Å²) in [4.78, 5) is 0. The van der Waals surface area contributed by atoms with Crippen LogP contribution in [0.2, 0.25) is 0 Å². The zero-order chi connectivity index (χ0) is 14.7. The van der Waals surface area contributed by atoms with Gasteiger partial charge in [0.2, 0.25) is 0 Å². The van der Waals surface area contributed by atoms with Gasteiger partial charge in [-0.2, -0.15) is 0 Å². The van der Waals surface area contributed by atoms with E-state index in [1.54, 1.807) is 0 Å². The van der Waals surface area contributed by atoms with Gasteiger partial charge in [-0.05, 0) is 19.3 Å². The molecule has 0 heterocycles. The first-order valence-electron chi connectivity index (χ1n) is 9.56. The Balaban J connectivity index is 2.94. The van der Waals surface area contributed by atoms with Crippen molar-refractivity contribution in [3.8, 4) is 0 Å². The van der Waals surface area contributed by atoms with Crippen molar-refractivity contribution < 1.29 is 0 Å². The van der Waals surface area contributed by atoms with Crippen molar-refractivity contribution in [3.63, 3.8) is 0 Å². The van der Waals surface area contributed by atoms with Gasteiger partial charge in [-0.3, -0.25) is 0 Å². The Labute approximate surface area is 129 Å². The van der Waals surface area contributed by atoms with Gasteiger partial charge >= 0.3 is 0 Å². The maximum absolute atomic E-state index is 2.35. The molecule has 20 heavy (non-hydrogen) atoms. The summed E-state index contributed by atoms with van der Waals surface area (Å²) in [6.45, 7) is 4.50. The number of hydrogen-bond donors (Lipinski definition) is 0. The largest absolute Gasteiger partial charge is 0.0888 e. The molecule has 0 aliphatic carbocycles. The fourth-order valence-corrected chi connectivity index (χ4v) is 2.74. The van der Waals surface area contributed by atoms with Crippen LogP contribution in [0.4, 0.5) is 0 Å². The minimum absolute atomic E-state index is 1.19. The highest BCUT2D eigenvalue weighted by atomic mass is 14.0. The van der Waals surface area contributed by atoms with Crippen LogP contribution >= 0.6 is 0 Å². The summed E-state index contributed by atoms with van der Waals surface area (Å²) in [5, 5.41) is 0. The highest BCUT2D eigenvalue weighted by Crippen LogP contribution is 2.13. The van der Waals surface area contributed by atoms with Crippen LogP contribution < -0.4 is 0 Å². The van der Waals surface area contributed by atoms with Crippen molar-refractivity contribution in [2.24, 2.45) is 0 Å². The third-order valence-corrected chi connectivity index (χ3v) is 4.13. The molecule has 0 aliphatic heterocycles. The van der Waals surface area contributed by atoms with E-state index in [0.29, 0.717) is 0 Å². The second-order valence-electron chi connectivity index (χ2n) is 6.26. The van der Waals surface area contributed by atoms with Crippen LogP contribution in [0.3, 0.4) is 0 Å². The molecule has 0 amide bonds. The molecular formula is C20H40. The SMILES string of the molecule is CCC=CCCCCCCCCCCCCCCCC. The minimum Gasteiger partial charge on any atom is -0.0888 e. The van der Waals surface area contributed by atoms with E-state index in [1.165, 1.54) is 103 Å². The maximum atomic E-state index is 2.35. The summed E-state index contributed by atoms with van der Waals surface area (Å²) in [6, 6.07) is 0. The van der Waals surface area contributed by atoms with Crippen molar-refractivity contribution in [1.82, 2.24) is 0 Å². The highest BCUT2D eigenvalue weighted by Gasteiger charge is 1.93. The number of rotatable bonds is 16. The lowest BCUT2D eigenvalue weighted by Crippen LogP contribution is -1.83. The number of unbranched alkanes of at least 4 members (excludes halogenated alkanes) is 14. The lowest BCUT2D eigenvalue weighted by molar-refractivity contribution is 0.536. The van der Waals surface area contributed by atoms with Crippen molar-refractivity contribution >= 4 is 0 Å². The van der Waals surface area contributed by atoms with E-state index in [9.17, 15) is 0 Å². The van der Waals surface area contributed by atoms with Gasteiger partial charge in [0, 0.05) is 0 Å². The van der Waals surface area contributed by atoms with Gasteiger partial charge in [0.15, 0.2) is 0 Å². The molecule has 0 nitrogen and oxygen atoms in total. The van der Waals surface area contributed by atoms with Gasteiger partial charge in [0.1, 0.15) is 0 Å². The number of hydrogen-bond acceptors (Lipinski definition) is 0. The van der Waals surface area contributed by atoms with Gasteiger partial charge in [-0.1, -0.05) is 109 Å². The summed E-state index contributed by atoms with van der Waals surface area (Å²) in [5.41, 5.74) is 0. The topological polar surface area (TPSA) is 0 Å².